The summed E-state index contributed by atoms with van der Waals surface area (Å²) in [5.41, 5.74) is 0.928. The number of nitrogens with zero attached hydrogens (tertiary/aromatic N) is 1. The number of hydrogen-bond acceptors (Lipinski definition) is 4. The Bertz CT molecular complexity index is 944. The van der Waals surface area contributed by atoms with Gasteiger partial charge in [-0.1, -0.05) is 66.0 Å². The molecule has 0 fully saturated rings. The zero-order valence-corrected chi connectivity index (χ0v) is 15.1. The number of para-hydroxylation sites is 1. The van der Waals surface area contributed by atoms with E-state index in [0.717, 1.165) is 10.2 Å². The zero-order valence-electron chi connectivity index (χ0n) is 14.3. The van der Waals surface area contributed by atoms with Gasteiger partial charge in [0.25, 0.3) is 5.91 Å². The Morgan fingerprint density at radius 3 is 2.46 bits per heavy atom. The van der Waals surface area contributed by atoms with E-state index < -0.39 is 5.60 Å². The average Bonchev–Trinajstić information content (AvgIpc) is 3.11. The highest BCUT2D eigenvalue weighted by Gasteiger charge is 2.36. The van der Waals surface area contributed by atoms with Gasteiger partial charge in [0.05, 0.1) is 10.2 Å². The van der Waals surface area contributed by atoms with Crippen LogP contribution < -0.4 is 5.32 Å². The summed E-state index contributed by atoms with van der Waals surface area (Å²) in [7, 11) is 1.54. The van der Waals surface area contributed by atoms with Gasteiger partial charge in [-0.15, -0.1) is 0 Å². The summed E-state index contributed by atoms with van der Waals surface area (Å²) in [4.78, 5) is 17.3. The van der Waals surface area contributed by atoms with Crippen LogP contribution in [-0.2, 0) is 9.53 Å². The first kappa shape index (κ1) is 16.7. The number of carbonyl (C=O) groups excluding carboxylic acids is 1. The van der Waals surface area contributed by atoms with E-state index in [1.54, 1.807) is 0 Å². The first-order chi connectivity index (χ1) is 12.7. The number of nitrogens with one attached hydrogen (secondary N) is 1. The number of ether oxygens (including phenoxy) is 1. The maximum Gasteiger partial charge on any atom is 0.266 e. The van der Waals surface area contributed by atoms with Crippen molar-refractivity contribution in [2.75, 3.05) is 12.4 Å². The average molecular weight is 362 g/mol. The zero-order chi connectivity index (χ0) is 18.0. The largest absolute Gasteiger partial charge is 0.360 e. The monoisotopic (exact) mass is 362 g/mol. The second kappa shape index (κ2) is 6.86. The molecule has 0 bridgehead atoms. The maximum absolute atomic E-state index is 12.9. The molecule has 1 aliphatic rings. The molecule has 0 aliphatic heterocycles. The van der Waals surface area contributed by atoms with Crippen molar-refractivity contribution in [1.29, 1.82) is 0 Å². The van der Waals surface area contributed by atoms with Crippen molar-refractivity contribution in [2.45, 2.75) is 11.5 Å². The topological polar surface area (TPSA) is 51.2 Å². The second-order valence-corrected chi connectivity index (χ2v) is 7.12. The van der Waals surface area contributed by atoms with E-state index in [1.165, 1.54) is 24.0 Å². The molecule has 26 heavy (non-hydrogen) atoms. The van der Waals surface area contributed by atoms with Crippen LogP contribution in [0.3, 0.4) is 0 Å². The fourth-order valence-corrected chi connectivity index (χ4v) is 3.87. The summed E-state index contributed by atoms with van der Waals surface area (Å²) in [5.74, 6) is -0.118. The predicted octanol–water partition coefficient (Wildman–Crippen LogP) is 4.53. The third kappa shape index (κ3) is 3.07. The molecule has 1 amide bonds. The molecule has 3 aromatic rings. The van der Waals surface area contributed by atoms with Crippen molar-refractivity contribution in [3.63, 3.8) is 0 Å². The number of amides is 1. The summed E-state index contributed by atoms with van der Waals surface area (Å²) in [6.45, 7) is 0. The molecular formula is C21H18N2O2S. The van der Waals surface area contributed by atoms with E-state index in [9.17, 15) is 4.79 Å². The Morgan fingerprint density at radius 1 is 1.08 bits per heavy atom. The van der Waals surface area contributed by atoms with E-state index >= 15 is 0 Å². The molecular weight excluding hydrogens is 344 g/mol. The lowest BCUT2D eigenvalue weighted by atomic mass is 9.87. The van der Waals surface area contributed by atoms with Gasteiger partial charge in [-0.3, -0.25) is 10.1 Å². The lowest BCUT2D eigenvalue weighted by Gasteiger charge is -2.28. The first-order valence-corrected chi connectivity index (χ1v) is 9.18. The number of benzene rings is 2. The number of carbonyl (C=O) groups is 1. The highest BCUT2D eigenvalue weighted by Crippen LogP contribution is 2.31. The van der Waals surface area contributed by atoms with E-state index in [0.29, 0.717) is 5.13 Å². The maximum atomic E-state index is 12.9. The number of anilines is 1. The Morgan fingerprint density at radius 2 is 1.77 bits per heavy atom. The van der Waals surface area contributed by atoms with Crippen LogP contribution in [-0.4, -0.2) is 23.6 Å². The minimum atomic E-state index is -1.12. The number of allylic oxidation sites excluding steroid dienone is 2. The number of rotatable bonds is 4. The molecule has 0 saturated heterocycles. The van der Waals surface area contributed by atoms with Crippen molar-refractivity contribution in [3.05, 3.63) is 84.5 Å². The molecule has 0 saturated carbocycles. The standard InChI is InChI=1S/C21H18N2O2S/c1-25-21(13-11-16(12-14-21)15-7-3-2-4-8-15)19(24)23-20-22-17-9-5-6-10-18(17)26-20/h2-14,16H,1H3,(H,22,23,24). The number of hydrogen-bond donors (Lipinski definition) is 1. The van der Waals surface area contributed by atoms with Gasteiger partial charge in [-0.2, -0.15) is 0 Å². The Kier molecular flexibility index (Phi) is 4.41. The van der Waals surface area contributed by atoms with Crippen LogP contribution >= 0.6 is 11.3 Å². The van der Waals surface area contributed by atoms with Crippen molar-refractivity contribution < 1.29 is 9.53 Å². The van der Waals surface area contributed by atoms with Crippen LogP contribution in [0.4, 0.5) is 5.13 Å². The van der Waals surface area contributed by atoms with Gasteiger partial charge < -0.3 is 4.74 Å². The molecule has 0 radical (unpaired) electrons. The number of methoxy groups -OCH3 is 1. The first-order valence-electron chi connectivity index (χ1n) is 8.36. The van der Waals surface area contributed by atoms with Gasteiger partial charge in [0.1, 0.15) is 0 Å². The van der Waals surface area contributed by atoms with E-state index in [-0.39, 0.29) is 11.8 Å². The fourth-order valence-electron chi connectivity index (χ4n) is 3.01. The van der Waals surface area contributed by atoms with Crippen LogP contribution in [0.5, 0.6) is 0 Å². The van der Waals surface area contributed by atoms with E-state index in [4.69, 9.17) is 4.74 Å². The molecule has 0 unspecified atom stereocenters. The molecule has 5 heteroatoms. The SMILES string of the molecule is COC1(C(=O)Nc2nc3ccccc3s2)C=CC(c2ccccc2)C=C1. The van der Waals surface area contributed by atoms with Gasteiger partial charge >= 0.3 is 0 Å². The molecule has 1 aromatic heterocycles. The smallest absolute Gasteiger partial charge is 0.266 e. The summed E-state index contributed by atoms with van der Waals surface area (Å²) in [6.07, 6.45) is 7.62. The normalized spacial score (nSPS) is 21.8. The van der Waals surface area contributed by atoms with Gasteiger partial charge in [-0.25, -0.2) is 4.98 Å². The summed E-state index contributed by atoms with van der Waals surface area (Å²) < 4.78 is 6.60. The van der Waals surface area contributed by atoms with Crippen molar-refractivity contribution in [3.8, 4) is 0 Å². The predicted molar refractivity (Wildman–Crippen MR) is 105 cm³/mol. The number of aromatic nitrogens is 1. The number of fused-ring (bicyclic) bond motifs is 1. The van der Waals surface area contributed by atoms with Gasteiger partial charge in [0, 0.05) is 13.0 Å². The fraction of sp³-hybridized carbons (Fsp3) is 0.143. The molecule has 0 atom stereocenters. The van der Waals surface area contributed by atoms with Crippen molar-refractivity contribution in [2.24, 2.45) is 0 Å². The Balaban J connectivity index is 1.55. The van der Waals surface area contributed by atoms with Gasteiger partial charge in [0.15, 0.2) is 10.7 Å². The van der Waals surface area contributed by atoms with Gasteiger partial charge in [0.2, 0.25) is 0 Å². The Labute approximate surface area is 155 Å². The van der Waals surface area contributed by atoms with Crippen LogP contribution in [0.2, 0.25) is 0 Å². The van der Waals surface area contributed by atoms with E-state index in [1.807, 2.05) is 66.8 Å². The van der Waals surface area contributed by atoms with Crippen LogP contribution in [0.15, 0.2) is 78.9 Å². The molecule has 2 aromatic carbocycles. The molecule has 1 N–H and O–H groups in total. The minimum absolute atomic E-state index is 0.134. The van der Waals surface area contributed by atoms with Crippen molar-refractivity contribution in [1.82, 2.24) is 4.98 Å². The highest BCUT2D eigenvalue weighted by molar-refractivity contribution is 7.22. The highest BCUT2D eigenvalue weighted by atomic mass is 32.1. The van der Waals surface area contributed by atoms with E-state index in [2.05, 4.69) is 22.4 Å². The molecule has 1 heterocycles. The number of thiazole rings is 1. The van der Waals surface area contributed by atoms with Crippen molar-refractivity contribution >= 4 is 32.6 Å². The third-order valence-electron chi connectivity index (χ3n) is 4.49. The quantitative estimate of drug-likeness (QED) is 0.694. The summed E-state index contributed by atoms with van der Waals surface area (Å²) >= 11 is 1.45. The molecule has 4 nitrogen and oxygen atoms in total. The molecule has 1 aliphatic carbocycles. The van der Waals surface area contributed by atoms with Crippen LogP contribution in [0.1, 0.15) is 11.5 Å². The lowest BCUT2D eigenvalue weighted by molar-refractivity contribution is -0.128. The minimum Gasteiger partial charge on any atom is -0.360 e. The second-order valence-electron chi connectivity index (χ2n) is 6.09. The summed E-state index contributed by atoms with van der Waals surface area (Å²) in [5, 5.41) is 3.46. The van der Waals surface area contributed by atoms with Gasteiger partial charge in [-0.05, 0) is 29.8 Å². The van der Waals surface area contributed by atoms with Crippen LogP contribution in [0.25, 0.3) is 10.2 Å². The van der Waals surface area contributed by atoms with Crippen LogP contribution in [0, 0.1) is 0 Å². The summed E-state index contributed by atoms with van der Waals surface area (Å²) in [6, 6.07) is 18.0. The third-order valence-corrected chi connectivity index (χ3v) is 5.45. The molecule has 130 valence electrons. The lowest BCUT2D eigenvalue weighted by Crippen LogP contribution is -2.42. The molecule has 0 spiro atoms. The molecule has 4 rings (SSSR count). The Hall–Kier alpha value is -2.76.